The number of aliphatic hydroxyl groups excluding tert-OH is 2. The number of benzene rings is 3. The molecule has 0 aliphatic carbocycles. The van der Waals surface area contributed by atoms with E-state index in [0.29, 0.717) is 0 Å². The highest BCUT2D eigenvalue weighted by Crippen LogP contribution is 2.52. The number of thioether (sulfide) groups is 1. The van der Waals surface area contributed by atoms with Gasteiger partial charge in [-0.05, 0) is 47.9 Å². The van der Waals surface area contributed by atoms with Crippen LogP contribution in [0.15, 0.2) is 106 Å². The smallest absolute Gasteiger partial charge is 0.280 e. The summed E-state index contributed by atoms with van der Waals surface area (Å²) in [4.78, 5) is 30.0. The van der Waals surface area contributed by atoms with Gasteiger partial charge in [0.15, 0.2) is 28.9 Å². The number of ether oxygens (including phenoxy) is 3. The number of nitrogens with one attached hydrogen (secondary N) is 1. The highest BCUT2D eigenvalue weighted by molar-refractivity contribution is 8.00. The average molecular weight is 669 g/mol. The fourth-order valence-electron chi connectivity index (χ4n) is 5.67. The maximum Gasteiger partial charge on any atom is 0.280 e. The van der Waals surface area contributed by atoms with Crippen molar-refractivity contribution in [3.63, 3.8) is 0 Å². The van der Waals surface area contributed by atoms with E-state index in [9.17, 15) is 15.0 Å². The number of methoxy groups -OCH3 is 2. The Labute approximate surface area is 281 Å². The highest BCUT2D eigenvalue weighted by Gasteiger charge is 2.49. The Bertz CT molecular complexity index is 1980. The molecule has 2 atom stereocenters. The number of aromatic amines is 1. The van der Waals surface area contributed by atoms with Crippen molar-refractivity contribution >= 4 is 35.2 Å². The van der Waals surface area contributed by atoms with Crippen molar-refractivity contribution in [2.45, 2.75) is 23.5 Å². The van der Waals surface area contributed by atoms with Gasteiger partial charge in [0.1, 0.15) is 17.1 Å². The van der Waals surface area contributed by atoms with Crippen molar-refractivity contribution in [3.05, 3.63) is 124 Å². The summed E-state index contributed by atoms with van der Waals surface area (Å²) in [6, 6.07) is 25.8. The van der Waals surface area contributed by atoms with E-state index in [2.05, 4.69) is 32.1 Å². The van der Waals surface area contributed by atoms with Gasteiger partial charge in [0, 0.05) is 19.8 Å². The van der Waals surface area contributed by atoms with E-state index in [1.165, 1.54) is 17.2 Å². The molecule has 0 amide bonds. The number of aromatic nitrogens is 4. The SMILES string of the molecule is COc1ccc(C(SCC2(C)OC(n3cnc4c(=O)[nH]c(/N=C/N(C)C)nc43)C(O)=C2O)(c2ccccc2)c2ccc(OC)cc2)cc1. The monoisotopic (exact) mass is 668 g/mol. The summed E-state index contributed by atoms with van der Waals surface area (Å²) in [6.45, 7) is 1.72. The number of aliphatic hydroxyl groups is 2. The molecule has 0 saturated carbocycles. The van der Waals surface area contributed by atoms with Crippen LogP contribution in [0.25, 0.3) is 11.2 Å². The van der Waals surface area contributed by atoms with Crippen LogP contribution in [0.4, 0.5) is 5.95 Å². The number of fused-ring (bicyclic) bond motifs is 1. The summed E-state index contributed by atoms with van der Waals surface area (Å²) in [5.74, 6) is 0.955. The summed E-state index contributed by atoms with van der Waals surface area (Å²) in [5, 5.41) is 22.8. The molecular formula is C35H36N6O6S. The van der Waals surface area contributed by atoms with Crippen LogP contribution >= 0.6 is 11.8 Å². The molecule has 0 fully saturated rings. The Morgan fingerprint density at radius 3 is 2.15 bits per heavy atom. The van der Waals surface area contributed by atoms with Gasteiger partial charge in [-0.25, -0.2) is 9.98 Å². The summed E-state index contributed by atoms with van der Waals surface area (Å²) >= 11 is 1.54. The summed E-state index contributed by atoms with van der Waals surface area (Å²) in [5.41, 5.74) is 1.24. The van der Waals surface area contributed by atoms with Gasteiger partial charge in [-0.15, -0.1) is 11.8 Å². The largest absolute Gasteiger partial charge is 0.506 e. The van der Waals surface area contributed by atoms with Crippen LogP contribution in [0, 0.1) is 0 Å². The number of imidazole rings is 1. The van der Waals surface area contributed by atoms with Crippen LogP contribution in [-0.4, -0.2) is 80.6 Å². The van der Waals surface area contributed by atoms with E-state index in [0.717, 1.165) is 28.2 Å². The predicted octanol–water partition coefficient (Wildman–Crippen LogP) is 5.70. The molecule has 3 N–H and O–H groups in total. The first-order valence-electron chi connectivity index (χ1n) is 15.1. The van der Waals surface area contributed by atoms with E-state index >= 15 is 0 Å². The van der Waals surface area contributed by atoms with Crippen molar-refractivity contribution in [1.82, 2.24) is 24.4 Å². The van der Waals surface area contributed by atoms with E-state index in [1.807, 2.05) is 66.7 Å². The van der Waals surface area contributed by atoms with E-state index in [4.69, 9.17) is 14.2 Å². The van der Waals surface area contributed by atoms with Crippen LogP contribution in [0.3, 0.4) is 0 Å². The number of hydrogen-bond donors (Lipinski definition) is 3. The molecule has 48 heavy (non-hydrogen) atoms. The van der Waals surface area contributed by atoms with Gasteiger partial charge >= 0.3 is 0 Å². The number of aliphatic imine (C=N–C) groups is 1. The zero-order valence-corrected chi connectivity index (χ0v) is 27.9. The van der Waals surface area contributed by atoms with Gasteiger partial charge in [0.05, 0.1) is 31.6 Å². The number of hydrogen-bond acceptors (Lipinski definition) is 10. The average Bonchev–Trinajstić information content (AvgIpc) is 3.63. The Kier molecular flexibility index (Phi) is 8.91. The normalized spacial score (nSPS) is 18.1. The zero-order valence-electron chi connectivity index (χ0n) is 27.1. The fraction of sp³-hybridized carbons (Fsp3) is 0.257. The van der Waals surface area contributed by atoms with Crippen LogP contribution in [0.2, 0.25) is 0 Å². The molecule has 0 radical (unpaired) electrons. The molecule has 0 spiro atoms. The highest BCUT2D eigenvalue weighted by atomic mass is 32.2. The summed E-state index contributed by atoms with van der Waals surface area (Å²) < 4.78 is 18.0. The molecule has 0 saturated heterocycles. The lowest BCUT2D eigenvalue weighted by Crippen LogP contribution is -2.35. The Morgan fingerprint density at radius 2 is 1.58 bits per heavy atom. The molecule has 248 valence electrons. The summed E-state index contributed by atoms with van der Waals surface area (Å²) in [6.07, 6.45) is 1.65. The first-order valence-corrected chi connectivity index (χ1v) is 16.0. The van der Waals surface area contributed by atoms with Crippen LogP contribution in [0.5, 0.6) is 11.5 Å². The number of rotatable bonds is 11. The van der Waals surface area contributed by atoms with Crippen molar-refractivity contribution in [2.24, 2.45) is 4.99 Å². The molecule has 13 heteroatoms. The maximum atomic E-state index is 12.8. The fourth-order valence-corrected chi connectivity index (χ4v) is 7.28. The van der Waals surface area contributed by atoms with Crippen LogP contribution < -0.4 is 15.0 Å². The topological polar surface area (TPSA) is 147 Å². The van der Waals surface area contributed by atoms with Crippen molar-refractivity contribution in [2.75, 3.05) is 34.1 Å². The standard InChI is InChI=1S/C35H36N6O6S/c1-34(29(43)28(42)32(47-34)41-21-36-27-30(41)38-33(39-31(27)44)37-20-40(2)3)19-48-35(22-9-7-6-8-10-22,23-11-15-25(45-4)16-12-23)24-13-17-26(46-5)18-14-24/h6-18,20-21,32,42-43H,19H2,1-5H3,(H,38,39,44)/b37-20+. The molecule has 3 aromatic carbocycles. The molecule has 1 aliphatic rings. The molecule has 3 heterocycles. The lowest BCUT2D eigenvalue weighted by molar-refractivity contribution is -0.0580. The lowest BCUT2D eigenvalue weighted by atomic mass is 9.84. The molecule has 0 bridgehead atoms. The van der Waals surface area contributed by atoms with Gasteiger partial charge in [0.2, 0.25) is 5.95 Å². The van der Waals surface area contributed by atoms with Crippen molar-refractivity contribution in [3.8, 4) is 11.5 Å². The zero-order chi connectivity index (χ0) is 34.1. The quantitative estimate of drug-likeness (QED) is 0.0910. The van der Waals surface area contributed by atoms with Gasteiger partial charge in [-0.3, -0.25) is 14.3 Å². The van der Waals surface area contributed by atoms with Gasteiger partial charge < -0.3 is 29.3 Å². The second-order valence-corrected chi connectivity index (χ2v) is 12.8. The Morgan fingerprint density at radius 1 is 1.00 bits per heavy atom. The van der Waals surface area contributed by atoms with Crippen LogP contribution in [-0.2, 0) is 9.48 Å². The third kappa shape index (κ3) is 5.86. The van der Waals surface area contributed by atoms with Gasteiger partial charge in [-0.2, -0.15) is 4.98 Å². The minimum Gasteiger partial charge on any atom is -0.506 e. The minimum absolute atomic E-state index is 0.0415. The number of H-pyrrole nitrogens is 1. The lowest BCUT2D eigenvalue weighted by Gasteiger charge is -2.38. The maximum absolute atomic E-state index is 12.8. The molecule has 2 unspecified atom stereocenters. The summed E-state index contributed by atoms with van der Waals surface area (Å²) in [7, 11) is 6.83. The van der Waals surface area contributed by atoms with Crippen molar-refractivity contribution in [1.29, 1.82) is 0 Å². The molecular weight excluding hydrogens is 632 g/mol. The van der Waals surface area contributed by atoms with Crippen molar-refractivity contribution < 1.29 is 24.4 Å². The Hall–Kier alpha value is -5.27. The number of nitrogens with zero attached hydrogens (tertiary/aromatic N) is 5. The third-order valence-corrected chi connectivity index (χ3v) is 10.0. The van der Waals surface area contributed by atoms with Gasteiger partial charge in [0.25, 0.3) is 5.56 Å². The predicted molar refractivity (Wildman–Crippen MR) is 186 cm³/mol. The third-order valence-electron chi connectivity index (χ3n) is 8.17. The van der Waals surface area contributed by atoms with E-state index in [-0.39, 0.29) is 28.6 Å². The molecule has 6 rings (SSSR count). The second-order valence-electron chi connectivity index (χ2n) is 11.6. The first-order chi connectivity index (χ1) is 23.1. The van der Waals surface area contributed by atoms with Gasteiger partial charge in [-0.1, -0.05) is 54.6 Å². The first kappa shape index (κ1) is 32.7. The Balaban J connectivity index is 1.41. The molecule has 1 aliphatic heterocycles. The minimum atomic E-state index is -1.36. The second kappa shape index (κ2) is 13.1. The molecule has 5 aromatic rings. The van der Waals surface area contributed by atoms with E-state index < -0.39 is 27.9 Å². The van der Waals surface area contributed by atoms with E-state index in [1.54, 1.807) is 51.9 Å². The molecule has 12 nitrogen and oxygen atoms in total. The molecule has 2 aromatic heterocycles. The van der Waals surface area contributed by atoms with Crippen LogP contribution in [0.1, 0.15) is 29.8 Å².